The number of carbonyl (C=O) groups excluding carboxylic acids is 1. The SMILES string of the molecule is CCNC(=NCc1nc(C)no1)N1CCCC(CC(N)=O)C1. The van der Waals surface area contributed by atoms with Gasteiger partial charge in [-0.3, -0.25) is 4.79 Å². The molecule has 1 saturated heterocycles. The van der Waals surface area contributed by atoms with E-state index in [0.29, 0.717) is 30.6 Å². The smallest absolute Gasteiger partial charge is 0.248 e. The Balaban J connectivity index is 2.01. The molecule has 1 unspecified atom stereocenters. The summed E-state index contributed by atoms with van der Waals surface area (Å²) in [6, 6.07) is 0. The molecule has 1 aliphatic rings. The lowest BCUT2D eigenvalue weighted by Crippen LogP contribution is -2.47. The zero-order valence-corrected chi connectivity index (χ0v) is 13.2. The van der Waals surface area contributed by atoms with Gasteiger partial charge in [-0.1, -0.05) is 5.16 Å². The van der Waals surface area contributed by atoms with Gasteiger partial charge in [-0.15, -0.1) is 0 Å². The minimum atomic E-state index is -0.241. The number of nitrogens with zero attached hydrogens (tertiary/aromatic N) is 4. The minimum Gasteiger partial charge on any atom is -0.370 e. The van der Waals surface area contributed by atoms with Gasteiger partial charge in [-0.2, -0.15) is 4.98 Å². The van der Waals surface area contributed by atoms with E-state index in [1.807, 2.05) is 6.92 Å². The molecule has 0 bridgehead atoms. The summed E-state index contributed by atoms with van der Waals surface area (Å²) in [6.45, 7) is 6.64. The van der Waals surface area contributed by atoms with Crippen molar-refractivity contribution in [2.75, 3.05) is 19.6 Å². The van der Waals surface area contributed by atoms with E-state index in [0.717, 1.165) is 38.4 Å². The first kappa shape index (κ1) is 16.3. The van der Waals surface area contributed by atoms with E-state index in [2.05, 4.69) is 25.3 Å². The third kappa shape index (κ3) is 4.71. The van der Waals surface area contributed by atoms with Crippen molar-refractivity contribution in [1.82, 2.24) is 20.4 Å². The average molecular weight is 308 g/mol. The van der Waals surface area contributed by atoms with Crippen LogP contribution < -0.4 is 11.1 Å². The molecule has 22 heavy (non-hydrogen) atoms. The predicted octanol–water partition coefficient (Wildman–Crippen LogP) is 0.431. The number of nitrogens with one attached hydrogen (secondary N) is 1. The highest BCUT2D eigenvalue weighted by atomic mass is 16.5. The van der Waals surface area contributed by atoms with Gasteiger partial charge in [-0.05, 0) is 32.6 Å². The molecule has 0 aliphatic carbocycles. The van der Waals surface area contributed by atoms with Crippen molar-refractivity contribution in [3.63, 3.8) is 0 Å². The number of hydrogen-bond acceptors (Lipinski definition) is 5. The summed E-state index contributed by atoms with van der Waals surface area (Å²) in [6.07, 6.45) is 2.49. The van der Waals surface area contributed by atoms with Crippen molar-refractivity contribution in [3.8, 4) is 0 Å². The minimum absolute atomic E-state index is 0.241. The van der Waals surface area contributed by atoms with Crippen LogP contribution in [-0.4, -0.2) is 46.5 Å². The van der Waals surface area contributed by atoms with Gasteiger partial charge in [0.2, 0.25) is 11.8 Å². The Kier molecular flexibility index (Phi) is 5.74. The first-order valence-electron chi connectivity index (χ1n) is 7.69. The highest BCUT2D eigenvalue weighted by Gasteiger charge is 2.23. The molecule has 2 heterocycles. The van der Waals surface area contributed by atoms with Crippen LogP contribution in [0.2, 0.25) is 0 Å². The van der Waals surface area contributed by atoms with E-state index < -0.39 is 0 Å². The van der Waals surface area contributed by atoms with Gasteiger partial charge >= 0.3 is 0 Å². The number of aryl methyl sites for hydroxylation is 1. The normalized spacial score (nSPS) is 19.3. The summed E-state index contributed by atoms with van der Waals surface area (Å²) in [5.74, 6) is 1.97. The Bertz CT molecular complexity index is 527. The van der Waals surface area contributed by atoms with Crippen LogP contribution in [0.1, 0.15) is 37.9 Å². The van der Waals surface area contributed by atoms with Gasteiger partial charge in [0.05, 0.1) is 0 Å². The number of primary amides is 1. The van der Waals surface area contributed by atoms with Gasteiger partial charge < -0.3 is 20.5 Å². The predicted molar refractivity (Wildman–Crippen MR) is 82.0 cm³/mol. The molecule has 0 radical (unpaired) electrons. The van der Waals surface area contributed by atoms with E-state index in [4.69, 9.17) is 10.3 Å². The molecule has 1 aliphatic heterocycles. The average Bonchev–Trinajstić information content (AvgIpc) is 2.88. The van der Waals surface area contributed by atoms with Gasteiger partial charge in [0.25, 0.3) is 0 Å². The summed E-state index contributed by atoms with van der Waals surface area (Å²) >= 11 is 0. The fraction of sp³-hybridized carbons (Fsp3) is 0.714. The number of nitrogens with two attached hydrogens (primary N) is 1. The summed E-state index contributed by atoms with van der Waals surface area (Å²) in [5.41, 5.74) is 5.31. The molecule has 8 nitrogen and oxygen atoms in total. The molecule has 3 N–H and O–H groups in total. The van der Waals surface area contributed by atoms with Crippen molar-refractivity contribution < 1.29 is 9.32 Å². The molecule has 0 aromatic carbocycles. The first-order valence-corrected chi connectivity index (χ1v) is 7.69. The van der Waals surface area contributed by atoms with Gasteiger partial charge in [0.1, 0.15) is 6.54 Å². The zero-order valence-electron chi connectivity index (χ0n) is 13.2. The van der Waals surface area contributed by atoms with Crippen LogP contribution in [0.5, 0.6) is 0 Å². The fourth-order valence-electron chi connectivity index (χ4n) is 2.68. The van der Waals surface area contributed by atoms with Gasteiger partial charge in [0, 0.05) is 26.1 Å². The van der Waals surface area contributed by atoms with Crippen LogP contribution in [0.15, 0.2) is 9.52 Å². The number of guanidine groups is 1. The lowest BCUT2D eigenvalue weighted by molar-refractivity contribution is -0.119. The summed E-state index contributed by atoms with van der Waals surface area (Å²) in [5, 5.41) is 7.03. The number of aliphatic imine (C=N–C) groups is 1. The molecule has 0 spiro atoms. The second-order valence-electron chi connectivity index (χ2n) is 5.53. The van der Waals surface area contributed by atoms with E-state index >= 15 is 0 Å². The third-order valence-corrected chi connectivity index (χ3v) is 3.58. The van der Waals surface area contributed by atoms with Crippen LogP contribution >= 0.6 is 0 Å². The maximum Gasteiger partial charge on any atom is 0.248 e. The lowest BCUT2D eigenvalue weighted by Gasteiger charge is -2.34. The largest absolute Gasteiger partial charge is 0.370 e. The van der Waals surface area contributed by atoms with Crippen LogP contribution in [0.4, 0.5) is 0 Å². The highest BCUT2D eigenvalue weighted by Crippen LogP contribution is 2.19. The Morgan fingerprint density at radius 3 is 3.05 bits per heavy atom. The van der Waals surface area contributed by atoms with Crippen LogP contribution in [0.25, 0.3) is 0 Å². The number of amides is 1. The Hall–Kier alpha value is -2.12. The third-order valence-electron chi connectivity index (χ3n) is 3.58. The van der Waals surface area contributed by atoms with E-state index in [-0.39, 0.29) is 5.91 Å². The molecular formula is C14H24N6O2. The molecule has 1 amide bonds. The lowest BCUT2D eigenvalue weighted by atomic mass is 9.95. The number of rotatable bonds is 5. The number of carbonyl (C=O) groups is 1. The first-order chi connectivity index (χ1) is 10.6. The molecule has 1 atom stereocenters. The molecule has 1 fully saturated rings. The fourth-order valence-corrected chi connectivity index (χ4v) is 2.68. The molecule has 1 aromatic rings. The van der Waals surface area contributed by atoms with Crippen molar-refractivity contribution in [2.24, 2.45) is 16.6 Å². The summed E-state index contributed by atoms with van der Waals surface area (Å²) in [4.78, 5) is 22.0. The van der Waals surface area contributed by atoms with Gasteiger partial charge in [0.15, 0.2) is 11.8 Å². The van der Waals surface area contributed by atoms with E-state index in [9.17, 15) is 4.79 Å². The van der Waals surface area contributed by atoms with Crippen LogP contribution in [0, 0.1) is 12.8 Å². The summed E-state index contributed by atoms with van der Waals surface area (Å²) < 4.78 is 5.08. The monoisotopic (exact) mass is 308 g/mol. The van der Waals surface area contributed by atoms with Crippen molar-refractivity contribution in [3.05, 3.63) is 11.7 Å². The number of aromatic nitrogens is 2. The highest BCUT2D eigenvalue weighted by molar-refractivity contribution is 5.80. The molecule has 2 rings (SSSR count). The molecule has 1 aromatic heterocycles. The van der Waals surface area contributed by atoms with Crippen molar-refractivity contribution in [1.29, 1.82) is 0 Å². The molecule has 122 valence electrons. The molecule has 0 saturated carbocycles. The Morgan fingerprint density at radius 1 is 1.59 bits per heavy atom. The second-order valence-corrected chi connectivity index (χ2v) is 5.53. The molecule has 8 heteroatoms. The Morgan fingerprint density at radius 2 is 2.41 bits per heavy atom. The van der Waals surface area contributed by atoms with Crippen molar-refractivity contribution in [2.45, 2.75) is 39.7 Å². The van der Waals surface area contributed by atoms with Crippen LogP contribution in [0.3, 0.4) is 0 Å². The summed E-state index contributed by atoms with van der Waals surface area (Å²) in [7, 11) is 0. The number of piperidine rings is 1. The van der Waals surface area contributed by atoms with Crippen molar-refractivity contribution >= 4 is 11.9 Å². The molecular weight excluding hydrogens is 284 g/mol. The van der Waals surface area contributed by atoms with Crippen LogP contribution in [-0.2, 0) is 11.3 Å². The van der Waals surface area contributed by atoms with E-state index in [1.165, 1.54) is 0 Å². The second kappa shape index (κ2) is 7.77. The maximum absolute atomic E-state index is 11.1. The number of hydrogen-bond donors (Lipinski definition) is 2. The van der Waals surface area contributed by atoms with E-state index in [1.54, 1.807) is 6.92 Å². The maximum atomic E-state index is 11.1. The zero-order chi connectivity index (χ0) is 15.9. The van der Waals surface area contributed by atoms with Gasteiger partial charge in [-0.25, -0.2) is 4.99 Å². The topological polar surface area (TPSA) is 110 Å². The number of likely N-dealkylation sites (tertiary alicyclic amines) is 1. The standard InChI is InChI=1S/C14H24N6O2/c1-3-16-14(17-8-13-18-10(2)19-22-13)20-6-4-5-11(9-20)7-12(15)21/h11H,3-9H2,1-2H3,(H2,15,21)(H,16,17). The Labute approximate surface area is 130 Å². The quantitative estimate of drug-likeness (QED) is 0.603.